The molecule has 1 saturated heterocycles. The van der Waals surface area contributed by atoms with Crippen LogP contribution >= 0.6 is 12.2 Å². The molecule has 0 aromatic heterocycles. The average Bonchev–Trinajstić information content (AvgIpc) is 2.99. The SMILES string of the molecule is O=C(/C=C/c1cccc([N+](=O)[O-])c1)NC(=S)N1CCCC1. The first kappa shape index (κ1) is 15.1. The summed E-state index contributed by atoms with van der Waals surface area (Å²) in [5, 5.41) is 13.7. The second-order valence-electron chi connectivity index (χ2n) is 4.67. The average molecular weight is 305 g/mol. The lowest BCUT2D eigenvalue weighted by Gasteiger charge is -2.17. The summed E-state index contributed by atoms with van der Waals surface area (Å²) in [6, 6.07) is 6.07. The summed E-state index contributed by atoms with van der Waals surface area (Å²) in [6.07, 6.45) is 5.01. The third kappa shape index (κ3) is 4.35. The van der Waals surface area contributed by atoms with Crippen LogP contribution in [0.5, 0.6) is 0 Å². The van der Waals surface area contributed by atoms with Crippen LogP contribution in [-0.4, -0.2) is 33.9 Å². The molecular weight excluding hydrogens is 290 g/mol. The normalized spacial score (nSPS) is 14.4. The molecule has 21 heavy (non-hydrogen) atoms. The number of hydrogen-bond donors (Lipinski definition) is 1. The number of rotatable bonds is 3. The van der Waals surface area contributed by atoms with Gasteiger partial charge in [-0.2, -0.15) is 0 Å². The summed E-state index contributed by atoms with van der Waals surface area (Å²) < 4.78 is 0. The first-order valence-electron chi connectivity index (χ1n) is 6.59. The fraction of sp³-hybridized carbons (Fsp3) is 0.286. The predicted octanol–water partition coefficient (Wildman–Crippen LogP) is 2.10. The monoisotopic (exact) mass is 305 g/mol. The number of hydrogen-bond acceptors (Lipinski definition) is 4. The number of nitro benzene ring substituents is 1. The molecule has 2 rings (SSSR count). The molecule has 7 heteroatoms. The maximum atomic E-state index is 11.8. The summed E-state index contributed by atoms with van der Waals surface area (Å²) >= 11 is 5.15. The van der Waals surface area contributed by atoms with Crippen LogP contribution in [0.3, 0.4) is 0 Å². The lowest BCUT2D eigenvalue weighted by molar-refractivity contribution is -0.384. The first-order valence-corrected chi connectivity index (χ1v) is 6.99. The third-order valence-corrected chi connectivity index (χ3v) is 3.49. The van der Waals surface area contributed by atoms with Gasteiger partial charge < -0.3 is 4.90 Å². The summed E-state index contributed by atoms with van der Waals surface area (Å²) in [5.41, 5.74) is 0.580. The van der Waals surface area contributed by atoms with Gasteiger partial charge in [0.05, 0.1) is 4.92 Å². The molecule has 1 aromatic rings. The Kier molecular flexibility index (Phi) is 4.99. The van der Waals surface area contributed by atoms with Crippen molar-refractivity contribution >= 4 is 35.0 Å². The van der Waals surface area contributed by atoms with Crippen molar-refractivity contribution in [3.8, 4) is 0 Å². The predicted molar refractivity (Wildman–Crippen MR) is 83.7 cm³/mol. The number of non-ortho nitro benzene ring substituents is 1. The van der Waals surface area contributed by atoms with Crippen LogP contribution in [0.15, 0.2) is 30.3 Å². The van der Waals surface area contributed by atoms with E-state index in [0.29, 0.717) is 10.7 Å². The van der Waals surface area contributed by atoms with Gasteiger partial charge in [0.15, 0.2) is 5.11 Å². The minimum Gasteiger partial charge on any atom is -0.349 e. The van der Waals surface area contributed by atoms with Gasteiger partial charge in [0.25, 0.3) is 5.69 Å². The molecule has 0 radical (unpaired) electrons. The standard InChI is InChI=1S/C14H15N3O3S/c18-13(15-14(21)16-8-1-2-9-16)7-6-11-4-3-5-12(10-11)17(19)20/h3-7,10H,1-2,8-9H2,(H,15,18,21)/b7-6+. The summed E-state index contributed by atoms with van der Waals surface area (Å²) in [4.78, 5) is 23.9. The molecular formula is C14H15N3O3S. The Bertz CT molecular complexity index is 595. The van der Waals surface area contributed by atoms with Crippen molar-refractivity contribution in [3.63, 3.8) is 0 Å². The number of carbonyl (C=O) groups is 1. The Morgan fingerprint density at radius 1 is 1.38 bits per heavy atom. The Balaban J connectivity index is 1.93. The molecule has 0 atom stereocenters. The summed E-state index contributed by atoms with van der Waals surface area (Å²) in [5.74, 6) is -0.335. The molecule has 1 amide bonds. The van der Waals surface area contributed by atoms with Gasteiger partial charge in [0.2, 0.25) is 5.91 Å². The van der Waals surface area contributed by atoms with Gasteiger partial charge in [-0.25, -0.2) is 0 Å². The van der Waals surface area contributed by atoms with E-state index in [1.54, 1.807) is 12.1 Å². The van der Waals surface area contributed by atoms with Crippen LogP contribution in [0.4, 0.5) is 5.69 Å². The van der Waals surface area contributed by atoms with Gasteiger partial charge in [-0.15, -0.1) is 0 Å². The number of carbonyl (C=O) groups excluding carboxylic acids is 1. The van der Waals surface area contributed by atoms with Crippen molar-refractivity contribution in [3.05, 3.63) is 46.0 Å². The summed E-state index contributed by atoms with van der Waals surface area (Å²) in [7, 11) is 0. The zero-order chi connectivity index (χ0) is 15.2. The van der Waals surface area contributed by atoms with E-state index in [2.05, 4.69) is 5.32 Å². The van der Waals surface area contributed by atoms with Gasteiger partial charge in [-0.1, -0.05) is 12.1 Å². The highest BCUT2D eigenvalue weighted by Crippen LogP contribution is 2.14. The number of nitro groups is 1. The van der Waals surface area contributed by atoms with E-state index in [1.807, 2.05) is 4.90 Å². The molecule has 0 saturated carbocycles. The van der Waals surface area contributed by atoms with Crippen molar-refractivity contribution in [1.29, 1.82) is 0 Å². The zero-order valence-corrected chi connectivity index (χ0v) is 12.1. The molecule has 1 aliphatic heterocycles. The van der Waals surface area contributed by atoms with E-state index in [4.69, 9.17) is 12.2 Å². The molecule has 1 aromatic carbocycles. The van der Waals surface area contributed by atoms with Crippen molar-refractivity contribution < 1.29 is 9.72 Å². The second-order valence-corrected chi connectivity index (χ2v) is 5.06. The molecule has 0 unspecified atom stereocenters. The molecule has 1 N–H and O–H groups in total. The number of thiocarbonyl (C=S) groups is 1. The topological polar surface area (TPSA) is 75.5 Å². The van der Waals surface area contributed by atoms with Crippen LogP contribution in [0.2, 0.25) is 0 Å². The Hall–Kier alpha value is -2.28. The highest BCUT2D eigenvalue weighted by atomic mass is 32.1. The molecule has 1 fully saturated rings. The largest absolute Gasteiger partial charge is 0.349 e. The van der Waals surface area contributed by atoms with Crippen molar-refractivity contribution in [2.75, 3.05) is 13.1 Å². The summed E-state index contributed by atoms with van der Waals surface area (Å²) in [6.45, 7) is 1.74. The minimum absolute atomic E-state index is 0.00912. The Labute approximate surface area is 127 Å². The van der Waals surface area contributed by atoms with Crippen LogP contribution in [0.1, 0.15) is 18.4 Å². The third-order valence-electron chi connectivity index (χ3n) is 3.13. The van der Waals surface area contributed by atoms with E-state index < -0.39 is 4.92 Å². The second kappa shape index (κ2) is 6.94. The minimum atomic E-state index is -0.472. The molecule has 0 spiro atoms. The van der Waals surface area contributed by atoms with E-state index in [0.717, 1.165) is 25.9 Å². The van der Waals surface area contributed by atoms with Gasteiger partial charge in [0, 0.05) is 31.3 Å². The van der Waals surface area contributed by atoms with Crippen LogP contribution in [0, 0.1) is 10.1 Å². The number of likely N-dealkylation sites (tertiary alicyclic amines) is 1. The van der Waals surface area contributed by atoms with Crippen molar-refractivity contribution in [2.24, 2.45) is 0 Å². The van der Waals surface area contributed by atoms with Crippen molar-refractivity contribution in [1.82, 2.24) is 10.2 Å². The van der Waals surface area contributed by atoms with Gasteiger partial charge in [-0.3, -0.25) is 20.2 Å². The van der Waals surface area contributed by atoms with Crippen molar-refractivity contribution in [2.45, 2.75) is 12.8 Å². The van der Waals surface area contributed by atoms with Gasteiger partial charge >= 0.3 is 0 Å². The molecule has 1 aliphatic rings. The lowest BCUT2D eigenvalue weighted by Crippen LogP contribution is -2.40. The lowest BCUT2D eigenvalue weighted by atomic mass is 10.2. The van der Waals surface area contributed by atoms with Gasteiger partial charge in [-0.05, 0) is 36.7 Å². The molecule has 6 nitrogen and oxygen atoms in total. The fourth-order valence-electron chi connectivity index (χ4n) is 2.06. The maximum absolute atomic E-state index is 11.8. The highest BCUT2D eigenvalue weighted by Gasteiger charge is 2.15. The molecule has 0 bridgehead atoms. The van der Waals surface area contributed by atoms with E-state index in [1.165, 1.54) is 24.3 Å². The number of amides is 1. The smallest absolute Gasteiger partial charge is 0.270 e. The number of benzene rings is 1. The van der Waals surface area contributed by atoms with E-state index >= 15 is 0 Å². The number of nitrogens with one attached hydrogen (secondary N) is 1. The maximum Gasteiger partial charge on any atom is 0.270 e. The fourth-order valence-corrected chi connectivity index (χ4v) is 2.34. The zero-order valence-electron chi connectivity index (χ0n) is 11.3. The van der Waals surface area contributed by atoms with Crippen LogP contribution < -0.4 is 5.32 Å². The van der Waals surface area contributed by atoms with Crippen LogP contribution in [0.25, 0.3) is 6.08 Å². The van der Waals surface area contributed by atoms with E-state index in [-0.39, 0.29) is 11.6 Å². The Morgan fingerprint density at radius 2 is 2.10 bits per heavy atom. The number of nitrogens with zero attached hydrogens (tertiary/aromatic N) is 2. The molecule has 0 aliphatic carbocycles. The molecule has 1 heterocycles. The van der Waals surface area contributed by atoms with Crippen LogP contribution in [-0.2, 0) is 4.79 Å². The highest BCUT2D eigenvalue weighted by molar-refractivity contribution is 7.80. The van der Waals surface area contributed by atoms with Gasteiger partial charge in [0.1, 0.15) is 0 Å². The first-order chi connectivity index (χ1) is 10.1. The Morgan fingerprint density at radius 3 is 2.76 bits per heavy atom. The molecule has 110 valence electrons. The van der Waals surface area contributed by atoms with E-state index in [9.17, 15) is 14.9 Å². The quantitative estimate of drug-likeness (QED) is 0.400.